The van der Waals surface area contributed by atoms with E-state index in [0.29, 0.717) is 17.6 Å². The van der Waals surface area contributed by atoms with E-state index in [9.17, 15) is 0 Å². The number of nitrogens with zero attached hydrogens (tertiary/aromatic N) is 3. The zero-order chi connectivity index (χ0) is 14.8. The number of fused-ring (bicyclic) bond motifs is 2. The quantitative estimate of drug-likeness (QED) is 0.847. The minimum absolute atomic E-state index is 0.383. The molecule has 2 saturated heterocycles. The van der Waals surface area contributed by atoms with Gasteiger partial charge < -0.3 is 15.0 Å². The Morgan fingerprint density at radius 3 is 2.71 bits per heavy atom. The van der Waals surface area contributed by atoms with Crippen molar-refractivity contribution < 1.29 is 4.74 Å². The summed E-state index contributed by atoms with van der Waals surface area (Å²) in [6.07, 6.45) is 5.28. The summed E-state index contributed by atoms with van der Waals surface area (Å²) in [5, 5.41) is 3.89. The van der Waals surface area contributed by atoms with E-state index in [2.05, 4.69) is 27.2 Å². The molecule has 0 saturated carbocycles. The molecule has 1 aromatic heterocycles. The van der Waals surface area contributed by atoms with Crippen LogP contribution in [0.4, 0.5) is 5.82 Å². The van der Waals surface area contributed by atoms with E-state index in [1.165, 1.54) is 25.7 Å². The van der Waals surface area contributed by atoms with Gasteiger partial charge in [0.25, 0.3) is 0 Å². The molecule has 3 heterocycles. The summed E-state index contributed by atoms with van der Waals surface area (Å²) in [5.74, 6) is 2.14. The molecule has 21 heavy (non-hydrogen) atoms. The van der Waals surface area contributed by atoms with Gasteiger partial charge in [0.05, 0.1) is 0 Å². The molecule has 0 amide bonds. The fourth-order valence-electron chi connectivity index (χ4n) is 3.69. The maximum absolute atomic E-state index is 6.03. The highest BCUT2D eigenvalue weighted by Crippen LogP contribution is 2.37. The number of piperidine rings is 1. The van der Waals surface area contributed by atoms with Gasteiger partial charge in [0.15, 0.2) is 5.82 Å². The van der Waals surface area contributed by atoms with E-state index in [1.807, 2.05) is 0 Å². The van der Waals surface area contributed by atoms with Crippen LogP contribution in [-0.4, -0.2) is 47.7 Å². The third-order valence-electron chi connectivity index (χ3n) is 4.78. The van der Waals surface area contributed by atoms with E-state index in [0.717, 1.165) is 30.4 Å². The fraction of sp³-hybridized carbons (Fsp3) is 0.733. The van der Waals surface area contributed by atoms with E-state index < -0.39 is 0 Å². The van der Waals surface area contributed by atoms with Crippen LogP contribution in [0.5, 0.6) is 0 Å². The van der Waals surface area contributed by atoms with E-state index in [1.54, 1.807) is 13.2 Å². The molecular weight excluding hydrogens is 288 g/mol. The highest BCUT2D eigenvalue weighted by atomic mass is 35.5. The summed E-state index contributed by atoms with van der Waals surface area (Å²) >= 11 is 6.03. The van der Waals surface area contributed by atoms with Crippen molar-refractivity contribution in [2.24, 2.45) is 5.92 Å². The summed E-state index contributed by atoms with van der Waals surface area (Å²) in [4.78, 5) is 11.1. The van der Waals surface area contributed by atoms with Gasteiger partial charge in [-0.05, 0) is 38.6 Å². The highest BCUT2D eigenvalue weighted by molar-refractivity contribution is 6.29. The number of hydrogen-bond acceptors (Lipinski definition) is 5. The van der Waals surface area contributed by atoms with Crippen LogP contribution < -0.4 is 5.32 Å². The SMILES string of the molecule is COCc1nc(Cl)cc(NCC2CC3CCC(C2)N3C)n1. The van der Waals surface area contributed by atoms with Crippen LogP contribution in [0.3, 0.4) is 0 Å². The first-order valence-electron chi connectivity index (χ1n) is 7.64. The van der Waals surface area contributed by atoms with Crippen LogP contribution in [-0.2, 0) is 11.3 Å². The maximum atomic E-state index is 6.03. The van der Waals surface area contributed by atoms with Crippen LogP contribution in [0.2, 0.25) is 5.15 Å². The molecule has 0 radical (unpaired) electrons. The Morgan fingerprint density at radius 1 is 1.33 bits per heavy atom. The summed E-state index contributed by atoms with van der Waals surface area (Å²) in [6.45, 7) is 1.34. The van der Waals surface area contributed by atoms with Crippen LogP contribution >= 0.6 is 11.6 Å². The molecule has 5 nitrogen and oxygen atoms in total. The summed E-state index contributed by atoms with van der Waals surface area (Å²) < 4.78 is 5.06. The molecule has 0 aliphatic carbocycles. The lowest BCUT2D eigenvalue weighted by atomic mass is 9.91. The molecule has 3 rings (SSSR count). The number of rotatable bonds is 5. The molecule has 0 aromatic carbocycles. The van der Waals surface area contributed by atoms with Gasteiger partial charge in [-0.1, -0.05) is 11.6 Å². The third-order valence-corrected chi connectivity index (χ3v) is 4.98. The number of aromatic nitrogens is 2. The molecule has 2 bridgehead atoms. The highest BCUT2D eigenvalue weighted by Gasteiger charge is 2.38. The first-order valence-corrected chi connectivity index (χ1v) is 8.01. The Hall–Kier alpha value is -0.910. The van der Waals surface area contributed by atoms with E-state index >= 15 is 0 Å². The summed E-state index contributed by atoms with van der Waals surface area (Å²) in [7, 11) is 3.90. The van der Waals surface area contributed by atoms with Gasteiger partial charge in [-0.2, -0.15) is 0 Å². The number of nitrogens with one attached hydrogen (secondary N) is 1. The number of methoxy groups -OCH3 is 1. The number of halogens is 1. The molecule has 116 valence electrons. The van der Waals surface area contributed by atoms with Crippen LogP contribution in [0.25, 0.3) is 0 Å². The van der Waals surface area contributed by atoms with Gasteiger partial charge in [0, 0.05) is 31.8 Å². The maximum Gasteiger partial charge on any atom is 0.158 e. The van der Waals surface area contributed by atoms with Crippen LogP contribution in [0.1, 0.15) is 31.5 Å². The number of ether oxygens (including phenoxy) is 1. The Labute approximate surface area is 131 Å². The summed E-state index contributed by atoms with van der Waals surface area (Å²) in [6, 6.07) is 3.33. The lowest BCUT2D eigenvalue weighted by Gasteiger charge is -2.36. The van der Waals surface area contributed by atoms with Gasteiger partial charge in [0.1, 0.15) is 17.6 Å². The largest absolute Gasteiger partial charge is 0.377 e. The standard InChI is InChI=1S/C15H23ClN4O/c1-20-11-3-4-12(20)6-10(5-11)8-17-14-7-13(16)18-15(19-14)9-21-2/h7,10-12H,3-6,8-9H2,1-2H3,(H,17,18,19). The Morgan fingerprint density at radius 2 is 2.05 bits per heavy atom. The van der Waals surface area contributed by atoms with E-state index in [4.69, 9.17) is 16.3 Å². The number of hydrogen-bond donors (Lipinski definition) is 1. The lowest BCUT2D eigenvalue weighted by molar-refractivity contribution is 0.139. The van der Waals surface area contributed by atoms with Crippen molar-refractivity contribution in [2.75, 3.05) is 26.0 Å². The van der Waals surface area contributed by atoms with Crippen molar-refractivity contribution >= 4 is 17.4 Å². The monoisotopic (exact) mass is 310 g/mol. The average molecular weight is 311 g/mol. The third kappa shape index (κ3) is 3.47. The smallest absolute Gasteiger partial charge is 0.158 e. The van der Waals surface area contributed by atoms with Crippen LogP contribution in [0.15, 0.2) is 6.07 Å². The zero-order valence-corrected chi connectivity index (χ0v) is 13.4. The predicted molar refractivity (Wildman–Crippen MR) is 83.5 cm³/mol. The van der Waals surface area contributed by atoms with E-state index in [-0.39, 0.29) is 0 Å². The second kappa shape index (κ2) is 6.46. The predicted octanol–water partition coefficient (Wildman–Crippen LogP) is 2.56. The second-order valence-corrected chi connectivity index (χ2v) is 6.58. The zero-order valence-electron chi connectivity index (χ0n) is 12.7. The molecule has 2 aliphatic heterocycles. The Kier molecular flexibility index (Phi) is 4.62. The topological polar surface area (TPSA) is 50.3 Å². The molecule has 6 heteroatoms. The van der Waals surface area contributed by atoms with Gasteiger partial charge in [-0.15, -0.1) is 0 Å². The van der Waals surface area contributed by atoms with Gasteiger partial charge in [-0.25, -0.2) is 9.97 Å². The van der Waals surface area contributed by atoms with Gasteiger partial charge in [0.2, 0.25) is 0 Å². The minimum Gasteiger partial charge on any atom is -0.377 e. The van der Waals surface area contributed by atoms with Crippen molar-refractivity contribution in [3.8, 4) is 0 Å². The molecule has 0 spiro atoms. The Balaban J connectivity index is 1.58. The Bertz CT molecular complexity index is 485. The van der Waals surface area contributed by atoms with Crippen molar-refractivity contribution in [1.82, 2.24) is 14.9 Å². The van der Waals surface area contributed by atoms with Gasteiger partial charge in [-0.3, -0.25) is 0 Å². The lowest BCUT2D eigenvalue weighted by Crippen LogP contribution is -2.41. The first kappa shape index (κ1) is 15.0. The molecule has 2 atom stereocenters. The van der Waals surface area contributed by atoms with Crippen molar-refractivity contribution in [3.05, 3.63) is 17.0 Å². The molecule has 2 fully saturated rings. The van der Waals surface area contributed by atoms with Crippen molar-refractivity contribution in [2.45, 2.75) is 44.4 Å². The average Bonchev–Trinajstić information content (AvgIpc) is 2.67. The van der Waals surface area contributed by atoms with Crippen molar-refractivity contribution in [1.29, 1.82) is 0 Å². The minimum atomic E-state index is 0.383. The van der Waals surface area contributed by atoms with Gasteiger partial charge >= 0.3 is 0 Å². The molecule has 1 aromatic rings. The first-order chi connectivity index (χ1) is 10.2. The fourth-order valence-corrected chi connectivity index (χ4v) is 3.89. The summed E-state index contributed by atoms with van der Waals surface area (Å²) in [5.41, 5.74) is 0. The molecular formula is C15H23ClN4O. The molecule has 2 unspecified atom stereocenters. The number of anilines is 1. The normalized spacial score (nSPS) is 28.8. The van der Waals surface area contributed by atoms with Crippen LogP contribution in [0, 0.1) is 5.92 Å². The second-order valence-electron chi connectivity index (χ2n) is 6.19. The molecule has 2 aliphatic rings. The van der Waals surface area contributed by atoms with Crippen molar-refractivity contribution in [3.63, 3.8) is 0 Å². The molecule has 1 N–H and O–H groups in total.